The Morgan fingerprint density at radius 1 is 1.16 bits per heavy atom. The van der Waals surface area contributed by atoms with Crippen LogP contribution >= 0.6 is 11.6 Å². The van der Waals surface area contributed by atoms with Gasteiger partial charge in [-0.1, -0.05) is 6.07 Å². The number of amides is 1. The highest BCUT2D eigenvalue weighted by Gasteiger charge is 2.26. The molecule has 0 saturated carbocycles. The first kappa shape index (κ1) is 14.1. The summed E-state index contributed by atoms with van der Waals surface area (Å²) in [6, 6.07) is 5.76. The molecule has 0 aliphatic carbocycles. The Balaban J connectivity index is 2.05. The van der Waals surface area contributed by atoms with Gasteiger partial charge in [0.05, 0.1) is 0 Å². The zero-order valence-corrected chi connectivity index (χ0v) is 12.0. The van der Waals surface area contributed by atoms with Gasteiger partial charge in [-0.05, 0) is 61.5 Å². The normalized spacial score (nSPS) is 16.5. The Morgan fingerprint density at radius 2 is 1.79 bits per heavy atom. The molecule has 1 amide bonds. The Bertz CT molecular complexity index is 505. The second kappa shape index (κ2) is 5.74. The van der Waals surface area contributed by atoms with E-state index in [4.69, 9.17) is 11.6 Å². The lowest BCUT2D eigenvalue weighted by atomic mass is 9.97. The SMILES string of the molecule is Cc1ccc(C(=O)N2CCC(C(=O)Cl)CC2)cc1C. The van der Waals surface area contributed by atoms with Crippen LogP contribution in [-0.4, -0.2) is 29.1 Å². The molecule has 0 unspecified atom stereocenters. The fraction of sp³-hybridized carbons (Fsp3) is 0.467. The third-order valence-electron chi connectivity index (χ3n) is 3.86. The van der Waals surface area contributed by atoms with E-state index in [1.165, 1.54) is 5.56 Å². The summed E-state index contributed by atoms with van der Waals surface area (Å²) in [7, 11) is 0. The van der Waals surface area contributed by atoms with E-state index in [0.717, 1.165) is 11.1 Å². The maximum Gasteiger partial charge on any atom is 0.253 e. The van der Waals surface area contributed by atoms with E-state index in [2.05, 4.69) is 0 Å². The molecular formula is C15H18ClNO2. The largest absolute Gasteiger partial charge is 0.339 e. The predicted molar refractivity (Wildman–Crippen MR) is 75.4 cm³/mol. The van der Waals surface area contributed by atoms with E-state index in [1.807, 2.05) is 32.0 Å². The number of aryl methyl sites for hydroxylation is 2. The van der Waals surface area contributed by atoms with Gasteiger partial charge in [-0.15, -0.1) is 0 Å². The molecule has 0 aromatic heterocycles. The van der Waals surface area contributed by atoms with E-state index in [0.29, 0.717) is 25.9 Å². The van der Waals surface area contributed by atoms with Crippen molar-refractivity contribution in [2.24, 2.45) is 5.92 Å². The van der Waals surface area contributed by atoms with Gasteiger partial charge in [-0.3, -0.25) is 9.59 Å². The summed E-state index contributed by atoms with van der Waals surface area (Å²) < 4.78 is 0. The zero-order chi connectivity index (χ0) is 14.0. The molecule has 0 atom stereocenters. The molecule has 1 saturated heterocycles. The van der Waals surface area contributed by atoms with Crippen LogP contribution in [0.25, 0.3) is 0 Å². The van der Waals surface area contributed by atoms with Crippen LogP contribution in [-0.2, 0) is 4.79 Å². The van der Waals surface area contributed by atoms with Crippen LogP contribution in [0, 0.1) is 19.8 Å². The summed E-state index contributed by atoms with van der Waals surface area (Å²) in [6.07, 6.45) is 1.33. The second-order valence-electron chi connectivity index (χ2n) is 5.17. The van der Waals surface area contributed by atoms with Gasteiger partial charge in [0, 0.05) is 24.6 Å². The number of likely N-dealkylation sites (tertiary alicyclic amines) is 1. The number of piperidine rings is 1. The third kappa shape index (κ3) is 3.16. The Morgan fingerprint density at radius 3 is 2.32 bits per heavy atom. The molecule has 0 radical (unpaired) electrons. The molecule has 1 aliphatic rings. The van der Waals surface area contributed by atoms with E-state index in [1.54, 1.807) is 4.90 Å². The topological polar surface area (TPSA) is 37.4 Å². The summed E-state index contributed by atoms with van der Waals surface area (Å²) in [5.41, 5.74) is 3.03. The Kier molecular flexibility index (Phi) is 4.25. The van der Waals surface area contributed by atoms with Gasteiger partial charge in [0.15, 0.2) is 0 Å². The van der Waals surface area contributed by atoms with Crippen molar-refractivity contribution < 1.29 is 9.59 Å². The van der Waals surface area contributed by atoms with Gasteiger partial charge in [0.25, 0.3) is 5.91 Å². The van der Waals surface area contributed by atoms with Gasteiger partial charge in [-0.25, -0.2) is 0 Å². The number of hydrogen-bond donors (Lipinski definition) is 0. The number of rotatable bonds is 2. The minimum absolute atomic E-state index is 0.0450. The van der Waals surface area contributed by atoms with Crippen LogP contribution < -0.4 is 0 Å². The molecule has 0 bridgehead atoms. The molecule has 0 spiro atoms. The number of carbonyl (C=O) groups is 2. The van der Waals surface area contributed by atoms with Crippen LogP contribution in [0.1, 0.15) is 34.3 Å². The van der Waals surface area contributed by atoms with Crippen LogP contribution in [0.4, 0.5) is 0 Å². The van der Waals surface area contributed by atoms with Gasteiger partial charge in [0.1, 0.15) is 0 Å². The number of halogens is 1. The summed E-state index contributed by atoms with van der Waals surface area (Å²) >= 11 is 5.50. The molecule has 1 aromatic rings. The summed E-state index contributed by atoms with van der Waals surface area (Å²) in [5, 5.41) is -0.279. The summed E-state index contributed by atoms with van der Waals surface area (Å²) in [4.78, 5) is 25.2. The van der Waals surface area contributed by atoms with E-state index < -0.39 is 0 Å². The third-order valence-corrected chi connectivity index (χ3v) is 4.17. The van der Waals surface area contributed by atoms with Crippen molar-refractivity contribution in [3.05, 3.63) is 34.9 Å². The molecular weight excluding hydrogens is 262 g/mol. The number of benzene rings is 1. The van der Waals surface area contributed by atoms with Crippen LogP contribution in [0.15, 0.2) is 18.2 Å². The van der Waals surface area contributed by atoms with Gasteiger partial charge < -0.3 is 4.90 Å². The maximum atomic E-state index is 12.3. The standard InChI is InChI=1S/C15H18ClNO2/c1-10-3-4-13(9-11(10)2)15(19)17-7-5-12(6-8-17)14(16)18/h3-4,9,12H,5-8H2,1-2H3. The molecule has 1 aliphatic heterocycles. The molecule has 4 heteroatoms. The molecule has 3 nitrogen and oxygen atoms in total. The highest BCUT2D eigenvalue weighted by Crippen LogP contribution is 2.21. The number of carbonyl (C=O) groups excluding carboxylic acids is 2. The smallest absolute Gasteiger partial charge is 0.253 e. The Hall–Kier alpha value is -1.35. The van der Waals surface area contributed by atoms with E-state index in [9.17, 15) is 9.59 Å². The van der Waals surface area contributed by atoms with Crippen molar-refractivity contribution >= 4 is 22.8 Å². The van der Waals surface area contributed by atoms with Crippen molar-refractivity contribution in [1.29, 1.82) is 0 Å². The quantitative estimate of drug-likeness (QED) is 0.781. The van der Waals surface area contributed by atoms with Gasteiger partial charge in [0.2, 0.25) is 5.24 Å². The first-order chi connectivity index (χ1) is 8.99. The van der Waals surface area contributed by atoms with Gasteiger partial charge >= 0.3 is 0 Å². The lowest BCUT2D eigenvalue weighted by Crippen LogP contribution is -2.39. The highest BCUT2D eigenvalue weighted by atomic mass is 35.5. The van der Waals surface area contributed by atoms with Crippen molar-refractivity contribution in [2.45, 2.75) is 26.7 Å². The minimum atomic E-state index is -0.279. The van der Waals surface area contributed by atoms with Gasteiger partial charge in [-0.2, -0.15) is 0 Å². The molecule has 19 heavy (non-hydrogen) atoms. The second-order valence-corrected chi connectivity index (χ2v) is 5.54. The lowest BCUT2D eigenvalue weighted by Gasteiger charge is -2.30. The summed E-state index contributed by atoms with van der Waals surface area (Å²) in [5.74, 6) is -0.0472. The van der Waals surface area contributed by atoms with Crippen molar-refractivity contribution in [3.63, 3.8) is 0 Å². The zero-order valence-electron chi connectivity index (χ0n) is 11.3. The lowest BCUT2D eigenvalue weighted by molar-refractivity contribution is -0.116. The van der Waals surface area contributed by atoms with Crippen LogP contribution in [0.2, 0.25) is 0 Å². The fourth-order valence-corrected chi connectivity index (χ4v) is 2.58. The highest BCUT2D eigenvalue weighted by molar-refractivity contribution is 6.64. The maximum absolute atomic E-state index is 12.3. The number of hydrogen-bond acceptors (Lipinski definition) is 2. The van der Waals surface area contributed by atoms with Crippen molar-refractivity contribution in [2.75, 3.05) is 13.1 Å². The average molecular weight is 280 g/mol. The average Bonchev–Trinajstić information content (AvgIpc) is 2.41. The van der Waals surface area contributed by atoms with Crippen molar-refractivity contribution in [3.8, 4) is 0 Å². The predicted octanol–water partition coefficient (Wildman–Crippen LogP) is 2.92. The molecule has 0 N–H and O–H groups in total. The fourth-order valence-electron chi connectivity index (χ4n) is 2.37. The van der Waals surface area contributed by atoms with Crippen molar-refractivity contribution in [1.82, 2.24) is 4.90 Å². The Labute approximate surface area is 118 Å². The molecule has 2 rings (SSSR count). The summed E-state index contributed by atoms with van der Waals surface area (Å²) in [6.45, 7) is 5.25. The number of nitrogens with zero attached hydrogens (tertiary/aromatic N) is 1. The monoisotopic (exact) mass is 279 g/mol. The first-order valence-electron chi connectivity index (χ1n) is 6.55. The molecule has 1 heterocycles. The minimum Gasteiger partial charge on any atom is -0.339 e. The molecule has 102 valence electrons. The van der Waals surface area contributed by atoms with Crippen LogP contribution in [0.3, 0.4) is 0 Å². The van der Waals surface area contributed by atoms with E-state index in [-0.39, 0.29) is 17.1 Å². The molecule has 1 fully saturated rings. The molecule has 1 aromatic carbocycles. The van der Waals surface area contributed by atoms with E-state index >= 15 is 0 Å². The first-order valence-corrected chi connectivity index (χ1v) is 6.92. The van der Waals surface area contributed by atoms with Crippen LogP contribution in [0.5, 0.6) is 0 Å².